The molecule has 13 heavy (non-hydrogen) atoms. The van der Waals surface area contributed by atoms with Crippen LogP contribution in [0.4, 0.5) is 5.69 Å². The molecular weight excluding hydrogens is 164 g/mol. The fourth-order valence-corrected chi connectivity index (χ4v) is 1.69. The average molecular weight is 176 g/mol. The molecular formula is C10H12N2O. The Hall–Kier alpha value is -1.35. The van der Waals surface area contributed by atoms with Crippen LogP contribution < -0.4 is 11.1 Å². The minimum absolute atomic E-state index is 0.0988. The van der Waals surface area contributed by atoms with E-state index in [2.05, 4.69) is 5.32 Å². The highest BCUT2D eigenvalue weighted by molar-refractivity contribution is 5.94. The number of anilines is 1. The van der Waals surface area contributed by atoms with Gasteiger partial charge in [0.15, 0.2) is 0 Å². The summed E-state index contributed by atoms with van der Waals surface area (Å²) < 4.78 is 0. The van der Waals surface area contributed by atoms with E-state index in [1.807, 2.05) is 18.2 Å². The van der Waals surface area contributed by atoms with Crippen molar-refractivity contribution in [1.82, 2.24) is 0 Å². The first-order valence-electron chi connectivity index (χ1n) is 4.42. The Bertz CT molecular complexity index is 347. The third-order valence-corrected chi connectivity index (χ3v) is 2.37. The van der Waals surface area contributed by atoms with Gasteiger partial charge in [-0.05, 0) is 23.6 Å². The molecule has 1 aromatic carbocycles. The van der Waals surface area contributed by atoms with Crippen LogP contribution >= 0.6 is 0 Å². The molecule has 0 fully saturated rings. The molecule has 2 rings (SSSR count). The molecule has 1 amide bonds. The Labute approximate surface area is 76.9 Å². The summed E-state index contributed by atoms with van der Waals surface area (Å²) in [6.07, 6.45) is 1.39. The molecule has 1 aliphatic rings. The van der Waals surface area contributed by atoms with E-state index in [-0.39, 0.29) is 5.91 Å². The predicted molar refractivity (Wildman–Crippen MR) is 51.3 cm³/mol. The van der Waals surface area contributed by atoms with Crippen molar-refractivity contribution in [2.24, 2.45) is 5.73 Å². The van der Waals surface area contributed by atoms with Gasteiger partial charge in [-0.15, -0.1) is 0 Å². The third-order valence-electron chi connectivity index (χ3n) is 2.37. The summed E-state index contributed by atoms with van der Waals surface area (Å²) in [7, 11) is 0. The Morgan fingerprint density at radius 1 is 1.38 bits per heavy atom. The lowest BCUT2D eigenvalue weighted by Gasteiger charge is -2.19. The maximum atomic E-state index is 11.1. The highest BCUT2D eigenvalue weighted by atomic mass is 16.1. The number of benzene rings is 1. The molecule has 3 nitrogen and oxygen atoms in total. The van der Waals surface area contributed by atoms with Crippen LogP contribution in [0.15, 0.2) is 18.2 Å². The molecule has 0 saturated carbocycles. The molecule has 0 atom stereocenters. The van der Waals surface area contributed by atoms with E-state index < -0.39 is 0 Å². The fraction of sp³-hybridized carbons (Fsp3) is 0.300. The maximum absolute atomic E-state index is 11.1. The predicted octanol–water partition coefficient (Wildman–Crippen LogP) is 1.03. The summed E-state index contributed by atoms with van der Waals surface area (Å²) in [6, 6.07) is 5.86. The summed E-state index contributed by atoms with van der Waals surface area (Å²) in [6.45, 7) is 0.541. The van der Waals surface area contributed by atoms with Crippen molar-refractivity contribution in [3.63, 3.8) is 0 Å². The zero-order valence-corrected chi connectivity index (χ0v) is 7.34. The second kappa shape index (κ2) is 3.18. The third kappa shape index (κ3) is 1.42. The summed E-state index contributed by atoms with van der Waals surface area (Å²) in [5.74, 6) is 0.0988. The van der Waals surface area contributed by atoms with Crippen molar-refractivity contribution < 1.29 is 4.79 Å². The molecule has 0 aromatic heterocycles. The standard InChI is InChI=1S/C10H12N2O/c11-6-7-2-1-3-9-8(7)4-5-10(13)12-9/h1-3H,4-6,11H2,(H,12,13). The van der Waals surface area contributed by atoms with Crippen molar-refractivity contribution in [3.8, 4) is 0 Å². The van der Waals surface area contributed by atoms with Gasteiger partial charge in [-0.3, -0.25) is 4.79 Å². The SMILES string of the molecule is NCc1cccc2c1CCC(=O)N2. The quantitative estimate of drug-likeness (QED) is 0.671. The minimum Gasteiger partial charge on any atom is -0.326 e. The molecule has 0 unspecified atom stereocenters. The van der Waals surface area contributed by atoms with E-state index in [0.717, 1.165) is 17.7 Å². The highest BCUT2D eigenvalue weighted by Gasteiger charge is 2.16. The van der Waals surface area contributed by atoms with Crippen LogP contribution in [0.1, 0.15) is 17.5 Å². The van der Waals surface area contributed by atoms with Crippen LogP contribution in [0.5, 0.6) is 0 Å². The number of nitrogens with two attached hydrogens (primary N) is 1. The number of carbonyl (C=O) groups is 1. The molecule has 0 aliphatic carbocycles. The Morgan fingerprint density at radius 2 is 2.23 bits per heavy atom. The average Bonchev–Trinajstić information content (AvgIpc) is 2.16. The second-order valence-electron chi connectivity index (χ2n) is 3.20. The van der Waals surface area contributed by atoms with Gasteiger partial charge in [0.1, 0.15) is 0 Å². The second-order valence-corrected chi connectivity index (χ2v) is 3.20. The number of amides is 1. The van der Waals surface area contributed by atoms with Crippen LogP contribution in [0.25, 0.3) is 0 Å². The fourth-order valence-electron chi connectivity index (χ4n) is 1.69. The molecule has 0 saturated heterocycles. The lowest BCUT2D eigenvalue weighted by atomic mass is 9.97. The van der Waals surface area contributed by atoms with Gasteiger partial charge < -0.3 is 11.1 Å². The van der Waals surface area contributed by atoms with E-state index in [1.165, 1.54) is 5.56 Å². The van der Waals surface area contributed by atoms with Crippen molar-refractivity contribution in [2.75, 3.05) is 5.32 Å². The zero-order chi connectivity index (χ0) is 9.26. The summed E-state index contributed by atoms with van der Waals surface area (Å²) >= 11 is 0. The molecule has 3 heteroatoms. The van der Waals surface area contributed by atoms with Gasteiger partial charge in [0, 0.05) is 18.7 Å². The van der Waals surface area contributed by atoms with E-state index in [0.29, 0.717) is 13.0 Å². The molecule has 0 spiro atoms. The molecule has 3 N–H and O–H groups in total. The van der Waals surface area contributed by atoms with Gasteiger partial charge in [-0.25, -0.2) is 0 Å². The first-order chi connectivity index (χ1) is 6.31. The number of carbonyl (C=O) groups excluding carboxylic acids is 1. The van der Waals surface area contributed by atoms with Gasteiger partial charge >= 0.3 is 0 Å². The number of nitrogens with one attached hydrogen (secondary N) is 1. The lowest BCUT2D eigenvalue weighted by molar-refractivity contribution is -0.116. The van der Waals surface area contributed by atoms with Crippen molar-refractivity contribution in [2.45, 2.75) is 19.4 Å². The maximum Gasteiger partial charge on any atom is 0.224 e. The van der Waals surface area contributed by atoms with Crippen LogP contribution in [0.2, 0.25) is 0 Å². The summed E-state index contributed by atoms with van der Waals surface area (Å²) in [4.78, 5) is 11.1. The van der Waals surface area contributed by atoms with E-state index >= 15 is 0 Å². The van der Waals surface area contributed by atoms with Crippen LogP contribution in [0.3, 0.4) is 0 Å². The topological polar surface area (TPSA) is 55.1 Å². The molecule has 1 heterocycles. The monoisotopic (exact) mass is 176 g/mol. The van der Waals surface area contributed by atoms with Gasteiger partial charge in [-0.2, -0.15) is 0 Å². The number of hydrogen-bond donors (Lipinski definition) is 2. The molecule has 1 aromatic rings. The van der Waals surface area contributed by atoms with Crippen molar-refractivity contribution in [3.05, 3.63) is 29.3 Å². The Morgan fingerprint density at radius 3 is 3.00 bits per heavy atom. The van der Waals surface area contributed by atoms with Crippen molar-refractivity contribution >= 4 is 11.6 Å². The highest BCUT2D eigenvalue weighted by Crippen LogP contribution is 2.25. The summed E-state index contributed by atoms with van der Waals surface area (Å²) in [5, 5.41) is 2.84. The van der Waals surface area contributed by atoms with E-state index in [9.17, 15) is 4.79 Å². The van der Waals surface area contributed by atoms with Crippen LogP contribution in [0, 0.1) is 0 Å². The van der Waals surface area contributed by atoms with Gasteiger partial charge in [0.05, 0.1) is 0 Å². The zero-order valence-electron chi connectivity index (χ0n) is 7.34. The Kier molecular flexibility index (Phi) is 2.02. The molecule has 0 radical (unpaired) electrons. The van der Waals surface area contributed by atoms with Crippen LogP contribution in [-0.2, 0) is 17.8 Å². The van der Waals surface area contributed by atoms with Gasteiger partial charge in [-0.1, -0.05) is 12.1 Å². The van der Waals surface area contributed by atoms with Gasteiger partial charge in [0.2, 0.25) is 5.91 Å². The Balaban J connectivity index is 2.45. The number of fused-ring (bicyclic) bond motifs is 1. The van der Waals surface area contributed by atoms with E-state index in [4.69, 9.17) is 5.73 Å². The molecule has 0 bridgehead atoms. The number of rotatable bonds is 1. The molecule has 68 valence electrons. The van der Waals surface area contributed by atoms with E-state index in [1.54, 1.807) is 0 Å². The lowest BCUT2D eigenvalue weighted by Crippen LogP contribution is -2.20. The minimum atomic E-state index is 0.0988. The van der Waals surface area contributed by atoms with Crippen LogP contribution in [-0.4, -0.2) is 5.91 Å². The first kappa shape index (κ1) is 8.26. The first-order valence-corrected chi connectivity index (χ1v) is 4.42. The molecule has 1 aliphatic heterocycles. The smallest absolute Gasteiger partial charge is 0.224 e. The van der Waals surface area contributed by atoms with Crippen molar-refractivity contribution in [1.29, 1.82) is 0 Å². The van der Waals surface area contributed by atoms with Gasteiger partial charge in [0.25, 0.3) is 0 Å². The summed E-state index contributed by atoms with van der Waals surface area (Å²) in [5.41, 5.74) is 8.86. The number of hydrogen-bond acceptors (Lipinski definition) is 2. The largest absolute Gasteiger partial charge is 0.326 e. The normalized spacial score (nSPS) is 15.0.